The highest BCUT2D eigenvalue weighted by molar-refractivity contribution is 7.99. The van der Waals surface area contributed by atoms with E-state index < -0.39 is 5.82 Å². The summed E-state index contributed by atoms with van der Waals surface area (Å²) < 4.78 is 24.4. The number of para-hydroxylation sites is 1. The van der Waals surface area contributed by atoms with Gasteiger partial charge >= 0.3 is 0 Å². The lowest BCUT2D eigenvalue weighted by Crippen LogP contribution is -2.08. The molecule has 7 nitrogen and oxygen atoms in total. The quantitative estimate of drug-likeness (QED) is 0.176. The maximum absolute atomic E-state index is 13.9. The van der Waals surface area contributed by atoms with Crippen molar-refractivity contribution in [3.63, 3.8) is 0 Å². The highest BCUT2D eigenvalue weighted by atomic mass is 32.2. The minimum Gasteiger partial charge on any atom is -0.454 e. The molecule has 0 spiro atoms. The van der Waals surface area contributed by atoms with E-state index in [0.29, 0.717) is 22.7 Å². The molecule has 5 rings (SSSR count). The predicted octanol–water partition coefficient (Wildman–Crippen LogP) is 6.40. The molecule has 2 heterocycles. The van der Waals surface area contributed by atoms with Gasteiger partial charge in [0.2, 0.25) is 5.78 Å². The van der Waals surface area contributed by atoms with Crippen LogP contribution in [0.1, 0.15) is 27.2 Å². The van der Waals surface area contributed by atoms with Gasteiger partial charge in [-0.3, -0.25) is 4.79 Å². The van der Waals surface area contributed by atoms with Crippen LogP contribution >= 0.6 is 11.9 Å². The van der Waals surface area contributed by atoms with Gasteiger partial charge in [-0.05, 0) is 73.5 Å². The number of carbonyl (C=O) groups excluding carboxylic acids is 1. The number of nitrogens with two attached hydrogens (primary N) is 1. The summed E-state index contributed by atoms with van der Waals surface area (Å²) in [4.78, 5) is 16.5. The van der Waals surface area contributed by atoms with Crippen molar-refractivity contribution >= 4 is 40.1 Å². The predicted molar refractivity (Wildman–Crippen MR) is 143 cm³/mol. The molecule has 9 heteroatoms. The molecule has 0 saturated carbocycles. The van der Waals surface area contributed by atoms with Crippen molar-refractivity contribution in [3.05, 3.63) is 95.1 Å². The summed E-state index contributed by atoms with van der Waals surface area (Å²) in [6.07, 6.45) is 3.43. The largest absolute Gasteiger partial charge is 0.454 e. The molecule has 36 heavy (non-hydrogen) atoms. The minimum atomic E-state index is -0.442. The fourth-order valence-electron chi connectivity index (χ4n) is 4.09. The summed E-state index contributed by atoms with van der Waals surface area (Å²) in [5.74, 6) is 0.158. The van der Waals surface area contributed by atoms with Crippen molar-refractivity contribution < 1.29 is 13.9 Å². The zero-order valence-electron chi connectivity index (χ0n) is 19.9. The Bertz CT molecular complexity index is 1610. The molecule has 0 radical (unpaired) electrons. The van der Waals surface area contributed by atoms with Gasteiger partial charge in [-0.1, -0.05) is 24.1 Å². The minimum absolute atomic E-state index is 0.140. The van der Waals surface area contributed by atoms with Crippen LogP contribution in [0.15, 0.2) is 66.9 Å². The van der Waals surface area contributed by atoms with Gasteiger partial charge in [0.25, 0.3) is 0 Å². The molecule has 0 aliphatic heterocycles. The van der Waals surface area contributed by atoms with Gasteiger partial charge in [0.15, 0.2) is 11.6 Å². The normalized spacial score (nSPS) is 11.1. The van der Waals surface area contributed by atoms with E-state index in [1.54, 1.807) is 36.4 Å². The van der Waals surface area contributed by atoms with Crippen LogP contribution in [-0.2, 0) is 0 Å². The first-order valence-corrected chi connectivity index (χ1v) is 12.4. The van der Waals surface area contributed by atoms with Gasteiger partial charge in [-0.15, -0.1) is 0 Å². The van der Waals surface area contributed by atoms with E-state index in [2.05, 4.69) is 14.8 Å². The van der Waals surface area contributed by atoms with Gasteiger partial charge in [-0.2, -0.15) is 5.10 Å². The Balaban J connectivity index is 1.43. The Morgan fingerprint density at radius 2 is 1.92 bits per heavy atom. The van der Waals surface area contributed by atoms with Crippen molar-refractivity contribution in [2.24, 2.45) is 0 Å². The van der Waals surface area contributed by atoms with Gasteiger partial charge < -0.3 is 20.2 Å². The summed E-state index contributed by atoms with van der Waals surface area (Å²) >= 11 is 1.51. The first-order valence-electron chi connectivity index (χ1n) is 11.2. The first kappa shape index (κ1) is 23.5. The second-order valence-corrected chi connectivity index (χ2v) is 9.02. The van der Waals surface area contributed by atoms with Crippen LogP contribution in [0.25, 0.3) is 16.6 Å². The number of hydrogen-bond donors (Lipinski definition) is 3. The molecule has 5 aromatic rings. The van der Waals surface area contributed by atoms with E-state index in [9.17, 15) is 9.18 Å². The molecule has 0 unspecified atom stereocenters. The van der Waals surface area contributed by atoms with E-state index in [-0.39, 0.29) is 17.4 Å². The number of aromatic amines is 1. The molecule has 4 N–H and O–H groups in total. The number of halogens is 1. The van der Waals surface area contributed by atoms with E-state index in [4.69, 9.17) is 10.5 Å². The van der Waals surface area contributed by atoms with Crippen LogP contribution in [-0.4, -0.2) is 26.8 Å². The van der Waals surface area contributed by atoms with Gasteiger partial charge in [0.05, 0.1) is 23.1 Å². The number of anilines is 2. The van der Waals surface area contributed by atoms with Crippen LogP contribution in [0, 0.1) is 19.7 Å². The maximum Gasteiger partial charge on any atom is 0.214 e. The lowest BCUT2D eigenvalue weighted by molar-refractivity contribution is 0.103. The summed E-state index contributed by atoms with van der Waals surface area (Å²) in [6.45, 7) is 3.88. The monoisotopic (exact) mass is 501 g/mol. The Morgan fingerprint density at radius 1 is 1.11 bits per heavy atom. The Hall–Kier alpha value is -4.24. The zero-order valence-corrected chi connectivity index (χ0v) is 20.7. The molecule has 0 aliphatic rings. The van der Waals surface area contributed by atoms with Gasteiger partial charge in [-0.25, -0.2) is 9.07 Å². The number of carbonyl (C=O) groups is 1. The number of aryl methyl sites for hydroxylation is 2. The number of H-pyrrole nitrogens is 1. The van der Waals surface area contributed by atoms with Crippen LogP contribution in [0.5, 0.6) is 11.5 Å². The SMILES string of the molecule is CSNc1cc2[nH]c(C(=O)c3cnn(-c4ccc(Oc5ccccc5F)cc4C)c3N)cc2cc1C. The number of fused-ring (bicyclic) bond motifs is 1. The smallest absolute Gasteiger partial charge is 0.214 e. The molecule has 0 bridgehead atoms. The third-order valence-corrected chi connectivity index (χ3v) is 6.36. The lowest BCUT2D eigenvalue weighted by Gasteiger charge is -2.12. The number of aromatic nitrogens is 3. The van der Waals surface area contributed by atoms with E-state index in [0.717, 1.165) is 27.7 Å². The molecule has 0 amide bonds. The number of hydrogen-bond acceptors (Lipinski definition) is 6. The molecule has 0 atom stereocenters. The molecule has 2 aromatic heterocycles. The average Bonchev–Trinajstić information content (AvgIpc) is 3.44. The Labute approximate surface area is 211 Å². The summed E-state index contributed by atoms with van der Waals surface area (Å²) in [6, 6.07) is 17.3. The summed E-state index contributed by atoms with van der Waals surface area (Å²) in [5.41, 5.74) is 11.5. The molecule has 0 saturated heterocycles. The average molecular weight is 502 g/mol. The van der Waals surface area contributed by atoms with E-state index in [1.807, 2.05) is 38.3 Å². The van der Waals surface area contributed by atoms with Crippen molar-refractivity contribution in [2.75, 3.05) is 16.7 Å². The molecular formula is C27H24FN5O2S. The number of nitrogens with one attached hydrogen (secondary N) is 2. The van der Waals surface area contributed by atoms with Gasteiger partial charge in [0.1, 0.15) is 11.6 Å². The second kappa shape index (κ2) is 9.43. The number of ether oxygens (including phenoxy) is 1. The number of benzene rings is 3. The third kappa shape index (κ3) is 4.29. The van der Waals surface area contributed by atoms with Crippen LogP contribution in [0.3, 0.4) is 0 Å². The number of nitrogens with zero attached hydrogens (tertiary/aromatic N) is 2. The van der Waals surface area contributed by atoms with E-state index in [1.165, 1.54) is 28.9 Å². The molecule has 182 valence electrons. The Kier molecular flexibility index (Phi) is 6.15. The van der Waals surface area contributed by atoms with Crippen molar-refractivity contribution in [1.82, 2.24) is 14.8 Å². The van der Waals surface area contributed by atoms with E-state index >= 15 is 0 Å². The molecular weight excluding hydrogens is 477 g/mol. The fourth-order valence-corrected chi connectivity index (χ4v) is 4.53. The van der Waals surface area contributed by atoms with Crippen molar-refractivity contribution in [3.8, 4) is 17.2 Å². The topological polar surface area (TPSA) is 98.0 Å². The summed E-state index contributed by atoms with van der Waals surface area (Å²) in [7, 11) is 0. The number of nitrogen functional groups attached to an aromatic ring is 1. The van der Waals surface area contributed by atoms with Crippen LogP contribution in [0.2, 0.25) is 0 Å². The number of ketones is 1. The standard InChI is InChI=1S/C27H24FN5O2S/c1-15-10-17-12-23(31-22(17)13-21(15)32-36-3)26(34)19-14-30-33(27(19)29)24-9-8-18(11-16(24)2)35-25-7-5-4-6-20(25)28/h4-14,31-32H,29H2,1-3H3. The highest BCUT2D eigenvalue weighted by Crippen LogP contribution is 2.30. The van der Waals surface area contributed by atoms with Crippen molar-refractivity contribution in [1.29, 1.82) is 0 Å². The third-order valence-electron chi connectivity index (χ3n) is 5.93. The van der Waals surface area contributed by atoms with Gasteiger partial charge in [0, 0.05) is 22.8 Å². The maximum atomic E-state index is 13.9. The van der Waals surface area contributed by atoms with Crippen LogP contribution < -0.4 is 15.2 Å². The zero-order chi connectivity index (χ0) is 25.4. The second-order valence-electron chi connectivity index (χ2n) is 8.41. The number of rotatable bonds is 7. The summed E-state index contributed by atoms with van der Waals surface area (Å²) in [5, 5.41) is 5.31. The molecule has 3 aromatic carbocycles. The van der Waals surface area contributed by atoms with Crippen molar-refractivity contribution in [2.45, 2.75) is 13.8 Å². The molecule has 0 aliphatic carbocycles. The highest BCUT2D eigenvalue weighted by Gasteiger charge is 2.21. The molecule has 0 fully saturated rings. The first-order chi connectivity index (χ1) is 17.4. The van der Waals surface area contributed by atoms with Crippen LogP contribution in [0.4, 0.5) is 15.9 Å². The lowest BCUT2D eigenvalue weighted by atomic mass is 10.1. The fraction of sp³-hybridized carbons (Fsp3) is 0.111. The Morgan fingerprint density at radius 3 is 2.67 bits per heavy atom.